The van der Waals surface area contributed by atoms with Crippen molar-refractivity contribution in [1.82, 2.24) is 4.90 Å². The van der Waals surface area contributed by atoms with Gasteiger partial charge in [0.05, 0.1) is 54.1 Å². The van der Waals surface area contributed by atoms with E-state index in [2.05, 4.69) is 73.6 Å². The van der Waals surface area contributed by atoms with Crippen LogP contribution in [0.5, 0.6) is 46.0 Å². The molecule has 8 rings (SSSR count). The average Bonchev–Trinajstić information content (AvgIpc) is 3.24. The maximum absolute atomic E-state index is 10.8. The van der Waals surface area contributed by atoms with Crippen molar-refractivity contribution in [2.75, 3.05) is 62.2 Å². The van der Waals surface area contributed by atoms with E-state index in [4.69, 9.17) is 33.5 Å². The Kier molecular flexibility index (Phi) is 14.1. The predicted octanol–water partition coefficient (Wildman–Crippen LogP) is 10.7. The van der Waals surface area contributed by atoms with Crippen molar-refractivity contribution < 1.29 is 42.8 Å². The van der Waals surface area contributed by atoms with Crippen LogP contribution in [0, 0.1) is 0 Å². The van der Waals surface area contributed by atoms with Gasteiger partial charge in [0.2, 0.25) is 5.75 Å². The molecular weight excluding hydrogens is 757 g/mol. The Morgan fingerprint density at radius 1 is 0.717 bits per heavy atom. The molecule has 0 aromatic heterocycles. The van der Waals surface area contributed by atoms with Gasteiger partial charge < -0.3 is 38.0 Å². The molecule has 6 bridgehead atoms. The van der Waals surface area contributed by atoms with E-state index in [0.717, 1.165) is 92.4 Å². The zero-order valence-electron chi connectivity index (χ0n) is 36.6. The number of fused-ring (bicyclic) bond motifs is 2. The second kappa shape index (κ2) is 19.6. The standard InChI is InChI=1S/C50H64N2O8/c1-51-25-23-36-31-43(56-4)45-33-39(36)40(51)28-34-17-20-38(21-18-34)59-44-30-35(19-22-42(44)55-3)29-41-48-37(32-46(57-5)49(58-6)50(48)60-45)24-27-52(41,2)26-15-13-11-9-7-8-10-12-14-16-47(53)54/h17-22,30-33,40-41H,7-16,23-29H2,1-6H3/p+1. The first-order chi connectivity index (χ1) is 29.1. The van der Waals surface area contributed by atoms with Gasteiger partial charge >= 0.3 is 5.97 Å². The summed E-state index contributed by atoms with van der Waals surface area (Å²) in [5, 5.41) is 8.92. The molecule has 4 aliphatic rings. The highest BCUT2D eigenvalue weighted by Gasteiger charge is 2.43. The first kappa shape index (κ1) is 43.2. The molecule has 4 aliphatic heterocycles. The third kappa shape index (κ3) is 9.66. The second-order valence-electron chi connectivity index (χ2n) is 17.2. The lowest BCUT2D eigenvalue weighted by Gasteiger charge is -2.46. The van der Waals surface area contributed by atoms with Crippen LogP contribution in [0.2, 0.25) is 0 Å². The molecule has 60 heavy (non-hydrogen) atoms. The van der Waals surface area contributed by atoms with E-state index in [-0.39, 0.29) is 18.5 Å². The number of carboxylic acids is 1. The summed E-state index contributed by atoms with van der Waals surface area (Å²) < 4.78 is 39.0. The fraction of sp³-hybridized carbons (Fsp3) is 0.500. The number of benzene rings is 4. The van der Waals surface area contributed by atoms with Gasteiger partial charge in [0.15, 0.2) is 34.5 Å². The number of quaternary nitrogens is 1. The minimum Gasteiger partial charge on any atom is -0.493 e. The lowest BCUT2D eigenvalue weighted by Crippen LogP contribution is -2.52. The molecule has 0 saturated heterocycles. The van der Waals surface area contributed by atoms with E-state index in [0.29, 0.717) is 40.2 Å². The lowest BCUT2D eigenvalue weighted by atomic mass is 9.85. The molecule has 10 nitrogen and oxygen atoms in total. The van der Waals surface area contributed by atoms with Crippen LogP contribution in [0.25, 0.3) is 0 Å². The summed E-state index contributed by atoms with van der Waals surface area (Å²) in [6, 6.07) is 21.5. The molecule has 4 aromatic carbocycles. The van der Waals surface area contributed by atoms with Crippen LogP contribution in [0.1, 0.15) is 110 Å². The van der Waals surface area contributed by atoms with Crippen LogP contribution in [-0.2, 0) is 30.5 Å². The van der Waals surface area contributed by atoms with Crippen molar-refractivity contribution in [2.24, 2.45) is 0 Å². The van der Waals surface area contributed by atoms with Gasteiger partial charge in [0, 0.05) is 31.8 Å². The Hall–Kier alpha value is -4.93. The Morgan fingerprint density at radius 3 is 2.05 bits per heavy atom. The molecule has 0 spiro atoms. The molecule has 4 heterocycles. The molecule has 3 atom stereocenters. The van der Waals surface area contributed by atoms with Crippen LogP contribution in [0.15, 0.2) is 60.7 Å². The zero-order chi connectivity index (χ0) is 42.2. The molecule has 0 fully saturated rings. The van der Waals surface area contributed by atoms with Gasteiger partial charge in [-0.1, -0.05) is 56.7 Å². The fourth-order valence-corrected chi connectivity index (χ4v) is 9.76. The van der Waals surface area contributed by atoms with E-state index in [1.165, 1.54) is 54.4 Å². The minimum absolute atomic E-state index is 0.0243. The Morgan fingerprint density at radius 2 is 1.37 bits per heavy atom. The third-order valence-electron chi connectivity index (χ3n) is 13.3. The van der Waals surface area contributed by atoms with Crippen LogP contribution >= 0.6 is 0 Å². The smallest absolute Gasteiger partial charge is 0.303 e. The summed E-state index contributed by atoms with van der Waals surface area (Å²) in [7, 11) is 11.4. The number of carboxylic acid groups (broad SMARTS) is 1. The Bertz CT molecular complexity index is 2100. The minimum atomic E-state index is -0.696. The molecule has 1 N–H and O–H groups in total. The van der Waals surface area contributed by atoms with Gasteiger partial charge in [-0.25, -0.2) is 0 Å². The first-order valence-electron chi connectivity index (χ1n) is 22.0. The number of likely N-dealkylation sites (N-methyl/N-ethyl adjacent to an activating group) is 2. The average molecular weight is 822 g/mol. The number of nitrogens with zero attached hydrogens (tertiary/aromatic N) is 2. The van der Waals surface area contributed by atoms with Crippen LogP contribution in [-0.4, -0.2) is 82.6 Å². The van der Waals surface area contributed by atoms with E-state index in [1.807, 2.05) is 6.07 Å². The highest BCUT2D eigenvalue weighted by molar-refractivity contribution is 5.66. The second-order valence-corrected chi connectivity index (χ2v) is 17.2. The zero-order valence-corrected chi connectivity index (χ0v) is 36.6. The van der Waals surface area contributed by atoms with Crippen molar-refractivity contribution in [3.8, 4) is 46.0 Å². The highest BCUT2D eigenvalue weighted by Crippen LogP contribution is 2.53. The van der Waals surface area contributed by atoms with Gasteiger partial charge in [-0.15, -0.1) is 0 Å². The number of unbranched alkanes of at least 4 members (excludes halogenated alkanes) is 8. The van der Waals surface area contributed by atoms with Gasteiger partial charge in [-0.2, -0.15) is 0 Å². The van der Waals surface area contributed by atoms with E-state index >= 15 is 0 Å². The number of methoxy groups -OCH3 is 4. The number of hydrogen-bond donors (Lipinski definition) is 1. The first-order valence-corrected chi connectivity index (χ1v) is 22.0. The van der Waals surface area contributed by atoms with Crippen molar-refractivity contribution in [3.63, 3.8) is 0 Å². The number of ether oxygens (including phenoxy) is 6. The summed E-state index contributed by atoms with van der Waals surface area (Å²) in [6.45, 7) is 2.95. The summed E-state index contributed by atoms with van der Waals surface area (Å²) >= 11 is 0. The largest absolute Gasteiger partial charge is 0.493 e. The van der Waals surface area contributed by atoms with Crippen molar-refractivity contribution in [3.05, 3.63) is 94.0 Å². The molecule has 322 valence electrons. The number of aliphatic carboxylic acids is 1. The molecule has 4 aromatic rings. The Labute approximate surface area is 356 Å². The van der Waals surface area contributed by atoms with Gasteiger partial charge in [0.25, 0.3) is 0 Å². The highest BCUT2D eigenvalue weighted by atomic mass is 16.5. The van der Waals surface area contributed by atoms with E-state index in [1.54, 1.807) is 28.4 Å². The normalized spacial score (nSPS) is 19.6. The van der Waals surface area contributed by atoms with Gasteiger partial charge in [-0.3, -0.25) is 9.69 Å². The van der Waals surface area contributed by atoms with Crippen LogP contribution in [0.3, 0.4) is 0 Å². The van der Waals surface area contributed by atoms with Crippen LogP contribution in [0.4, 0.5) is 0 Å². The molecule has 0 radical (unpaired) electrons. The molecule has 0 amide bonds. The van der Waals surface area contributed by atoms with E-state index in [9.17, 15) is 4.79 Å². The molecule has 3 unspecified atom stereocenters. The lowest BCUT2D eigenvalue weighted by molar-refractivity contribution is -0.941. The number of rotatable bonds is 16. The summed E-state index contributed by atoms with van der Waals surface area (Å²) in [5.41, 5.74) is 7.24. The maximum Gasteiger partial charge on any atom is 0.303 e. The summed E-state index contributed by atoms with van der Waals surface area (Å²) in [6.07, 6.45) is 13.6. The topological polar surface area (TPSA) is 95.9 Å². The monoisotopic (exact) mass is 821 g/mol. The number of hydrogen-bond acceptors (Lipinski definition) is 8. The summed E-state index contributed by atoms with van der Waals surface area (Å²) in [4.78, 5) is 13.3. The van der Waals surface area contributed by atoms with Crippen molar-refractivity contribution in [2.45, 2.75) is 102 Å². The van der Waals surface area contributed by atoms with Crippen molar-refractivity contribution >= 4 is 5.97 Å². The van der Waals surface area contributed by atoms with Crippen LogP contribution < -0.4 is 28.4 Å². The fourth-order valence-electron chi connectivity index (χ4n) is 9.76. The predicted molar refractivity (Wildman–Crippen MR) is 235 cm³/mol. The Balaban J connectivity index is 1.28. The SMILES string of the molecule is COc1ccc2cc1Oc1ccc(cc1)CC1c3cc(c(OC)cc3CCN1C)Oc1c(OC)c(OC)cc3c1C(C2)[N+](C)(CCCCCCCCCCCC(=O)O)CC3. The molecule has 10 heteroatoms. The third-order valence-corrected chi connectivity index (χ3v) is 13.3. The van der Waals surface area contributed by atoms with Crippen molar-refractivity contribution in [1.29, 1.82) is 0 Å². The summed E-state index contributed by atoms with van der Waals surface area (Å²) in [5.74, 6) is 4.75. The molecular formula is C50H65N2O8+. The van der Waals surface area contributed by atoms with E-state index < -0.39 is 5.97 Å². The molecule has 0 saturated carbocycles. The van der Waals surface area contributed by atoms with Gasteiger partial charge in [0.1, 0.15) is 11.8 Å². The number of carbonyl (C=O) groups is 1. The quantitative estimate of drug-likeness (QED) is 0.0875. The maximum atomic E-state index is 10.8. The van der Waals surface area contributed by atoms with Gasteiger partial charge in [-0.05, 0) is 109 Å². The molecule has 0 aliphatic carbocycles.